The van der Waals surface area contributed by atoms with E-state index in [1.54, 1.807) is 0 Å². The summed E-state index contributed by atoms with van der Waals surface area (Å²) in [5.41, 5.74) is 0. The summed E-state index contributed by atoms with van der Waals surface area (Å²) in [5, 5.41) is 0. The maximum Gasteiger partial charge on any atom is 0.469 e. The van der Waals surface area contributed by atoms with Crippen molar-refractivity contribution in [3.05, 3.63) is 12.2 Å². The first-order valence-corrected chi connectivity index (χ1v) is 20.5. The summed E-state index contributed by atoms with van der Waals surface area (Å²) in [5.74, 6) is -0.104. The van der Waals surface area contributed by atoms with E-state index in [0.29, 0.717) is 18.6 Å². The lowest BCUT2D eigenvalue weighted by Gasteiger charge is -2.18. The lowest BCUT2D eigenvalue weighted by molar-refractivity contribution is -0.161. The van der Waals surface area contributed by atoms with Crippen LogP contribution in [0, 0.1) is 5.92 Å². The van der Waals surface area contributed by atoms with E-state index in [9.17, 15) is 14.2 Å². The first-order chi connectivity index (χ1) is 22.6. The Kier molecular flexibility index (Phi) is 26.6. The average molecular weight is 689 g/mol. The molecule has 1 fully saturated rings. The Bertz CT molecular complexity index is 857. The Morgan fingerprint density at radius 2 is 1.30 bits per heavy atom. The Balaban J connectivity index is 2.09. The molecule has 0 spiro atoms. The lowest BCUT2D eigenvalue weighted by atomic mass is 10.0. The molecule has 1 heterocycles. The fraction of sp³-hybridized carbons (Fsp3) is 0.892. The molecule has 0 bridgehead atoms. The number of hydrogen-bond acceptors (Lipinski definition) is 7. The third-order valence-corrected chi connectivity index (χ3v) is 9.12. The Labute approximate surface area is 286 Å². The molecule has 0 aromatic heterocycles. The van der Waals surface area contributed by atoms with Crippen LogP contribution in [0.4, 0.5) is 0 Å². The van der Waals surface area contributed by atoms with Gasteiger partial charge in [0.05, 0.1) is 18.8 Å². The molecular formula is C37H69O9P. The molecule has 3 atom stereocenters. The molecule has 10 heteroatoms. The first kappa shape index (κ1) is 43.8. The summed E-state index contributed by atoms with van der Waals surface area (Å²) < 4.78 is 32.0. The van der Waals surface area contributed by atoms with Gasteiger partial charge in [-0.1, -0.05) is 136 Å². The van der Waals surface area contributed by atoms with Crippen LogP contribution in [0.5, 0.6) is 0 Å². The number of unbranched alkanes of at least 4 members (excludes halogenated alkanes) is 16. The molecule has 0 radical (unpaired) electrons. The van der Waals surface area contributed by atoms with Gasteiger partial charge in [-0.2, -0.15) is 0 Å². The van der Waals surface area contributed by atoms with E-state index in [0.717, 1.165) is 63.7 Å². The number of epoxide rings is 1. The summed E-state index contributed by atoms with van der Waals surface area (Å²) in [4.78, 5) is 42.7. The summed E-state index contributed by atoms with van der Waals surface area (Å²) >= 11 is 0. The number of phosphoric ester groups is 1. The van der Waals surface area contributed by atoms with Crippen molar-refractivity contribution in [3.8, 4) is 0 Å². The van der Waals surface area contributed by atoms with Crippen molar-refractivity contribution < 1.29 is 42.7 Å². The van der Waals surface area contributed by atoms with E-state index in [2.05, 4.69) is 37.4 Å². The highest BCUT2D eigenvalue weighted by Gasteiger charge is 2.36. The van der Waals surface area contributed by atoms with Gasteiger partial charge < -0.3 is 24.0 Å². The second-order valence-corrected chi connectivity index (χ2v) is 15.0. The minimum absolute atomic E-state index is 0.194. The predicted octanol–water partition coefficient (Wildman–Crippen LogP) is 9.91. The molecule has 1 saturated heterocycles. The number of carbonyl (C=O) groups is 2. The minimum Gasteiger partial charge on any atom is -0.462 e. The molecule has 0 aliphatic carbocycles. The van der Waals surface area contributed by atoms with E-state index in [4.69, 9.17) is 24.0 Å². The molecule has 2 N–H and O–H groups in total. The van der Waals surface area contributed by atoms with E-state index < -0.39 is 32.5 Å². The zero-order valence-electron chi connectivity index (χ0n) is 30.0. The number of hydrogen-bond donors (Lipinski definition) is 2. The summed E-state index contributed by atoms with van der Waals surface area (Å²) in [6.45, 7) is 5.94. The second kappa shape index (κ2) is 28.6. The van der Waals surface area contributed by atoms with Gasteiger partial charge in [-0.15, -0.1) is 0 Å². The molecule has 0 amide bonds. The maximum atomic E-state index is 12.4. The van der Waals surface area contributed by atoms with Crippen molar-refractivity contribution in [2.45, 2.75) is 193 Å². The predicted molar refractivity (Wildman–Crippen MR) is 188 cm³/mol. The zero-order chi connectivity index (χ0) is 34.6. The second-order valence-electron chi connectivity index (χ2n) is 13.8. The number of rotatable bonds is 33. The average Bonchev–Trinajstić information content (AvgIpc) is 3.77. The lowest BCUT2D eigenvalue weighted by Crippen LogP contribution is -2.29. The fourth-order valence-electron chi connectivity index (χ4n) is 5.68. The fourth-order valence-corrected chi connectivity index (χ4v) is 6.04. The first-order valence-electron chi connectivity index (χ1n) is 19.0. The molecule has 1 aliphatic heterocycles. The SMILES string of the molecule is CCCCCC1OC1C/C=C\CCCCCCCC(=O)O[C@H](COC(=O)CCCCCCCCCCCCC(C)C)COP(=O)(O)O. The van der Waals surface area contributed by atoms with Gasteiger partial charge in [-0.25, -0.2) is 4.57 Å². The van der Waals surface area contributed by atoms with Gasteiger partial charge in [-0.3, -0.25) is 14.1 Å². The molecule has 0 aromatic carbocycles. The van der Waals surface area contributed by atoms with Crippen LogP contribution in [-0.2, 0) is 32.9 Å². The quantitative estimate of drug-likeness (QED) is 0.0227. The Morgan fingerprint density at radius 1 is 0.723 bits per heavy atom. The van der Waals surface area contributed by atoms with Crippen LogP contribution in [0.25, 0.3) is 0 Å². The van der Waals surface area contributed by atoms with Crippen LogP contribution in [-0.4, -0.2) is 53.3 Å². The molecule has 1 rings (SSSR count). The highest BCUT2D eigenvalue weighted by atomic mass is 31.2. The van der Waals surface area contributed by atoms with Gasteiger partial charge >= 0.3 is 19.8 Å². The van der Waals surface area contributed by atoms with E-state index in [1.165, 1.54) is 77.0 Å². The van der Waals surface area contributed by atoms with Crippen molar-refractivity contribution in [2.75, 3.05) is 13.2 Å². The molecule has 0 saturated carbocycles. The largest absolute Gasteiger partial charge is 0.469 e. The molecule has 1 aliphatic rings. The summed E-state index contributed by atoms with van der Waals surface area (Å²) in [6, 6.07) is 0. The zero-order valence-corrected chi connectivity index (χ0v) is 30.9. The highest BCUT2D eigenvalue weighted by molar-refractivity contribution is 7.46. The Morgan fingerprint density at radius 3 is 1.89 bits per heavy atom. The van der Waals surface area contributed by atoms with Crippen LogP contribution in [0.1, 0.15) is 175 Å². The summed E-state index contributed by atoms with van der Waals surface area (Å²) in [6.07, 6.45) is 29.7. The maximum absolute atomic E-state index is 12.4. The van der Waals surface area contributed by atoms with E-state index in [-0.39, 0.29) is 19.4 Å². The molecule has 9 nitrogen and oxygen atoms in total. The topological polar surface area (TPSA) is 132 Å². The standard InChI is InChI=1S/C37H69O9P/c1-4-5-20-26-34-35(46-34)27-22-17-13-10-11-15-19-24-29-37(39)45-33(31-44-47(40,41)42)30-43-36(38)28-23-18-14-9-7-6-8-12-16-21-25-32(2)3/h17,22,32-35H,4-16,18-21,23-31H2,1-3H3,(H2,40,41,42)/b22-17-/t33-,34?,35?/m1/s1. The van der Waals surface area contributed by atoms with Crippen LogP contribution in [0.3, 0.4) is 0 Å². The van der Waals surface area contributed by atoms with Gasteiger partial charge in [-0.05, 0) is 44.4 Å². The molecule has 47 heavy (non-hydrogen) atoms. The number of ether oxygens (including phenoxy) is 3. The highest BCUT2D eigenvalue weighted by Crippen LogP contribution is 2.36. The molecule has 276 valence electrons. The van der Waals surface area contributed by atoms with Gasteiger partial charge in [0.1, 0.15) is 6.61 Å². The van der Waals surface area contributed by atoms with Crippen LogP contribution < -0.4 is 0 Å². The van der Waals surface area contributed by atoms with Crippen molar-refractivity contribution in [3.63, 3.8) is 0 Å². The third-order valence-electron chi connectivity index (χ3n) is 8.64. The monoisotopic (exact) mass is 688 g/mol. The summed E-state index contributed by atoms with van der Waals surface area (Å²) in [7, 11) is -4.75. The van der Waals surface area contributed by atoms with Crippen molar-refractivity contribution >= 4 is 19.8 Å². The van der Waals surface area contributed by atoms with Crippen molar-refractivity contribution in [1.82, 2.24) is 0 Å². The van der Waals surface area contributed by atoms with Crippen LogP contribution in [0.15, 0.2) is 12.2 Å². The normalized spacial score (nSPS) is 17.0. The van der Waals surface area contributed by atoms with E-state index in [1.807, 2.05) is 0 Å². The van der Waals surface area contributed by atoms with Gasteiger partial charge in [0, 0.05) is 12.8 Å². The number of phosphoric acid groups is 1. The number of esters is 2. The van der Waals surface area contributed by atoms with Gasteiger partial charge in [0.2, 0.25) is 0 Å². The molecule has 2 unspecified atom stereocenters. The van der Waals surface area contributed by atoms with Crippen LogP contribution >= 0.6 is 7.82 Å². The Hall–Kier alpha value is -1.25. The van der Waals surface area contributed by atoms with Crippen molar-refractivity contribution in [2.24, 2.45) is 5.92 Å². The van der Waals surface area contributed by atoms with Gasteiger partial charge in [0.25, 0.3) is 0 Å². The molecule has 0 aromatic rings. The van der Waals surface area contributed by atoms with E-state index >= 15 is 0 Å². The van der Waals surface area contributed by atoms with Gasteiger partial charge in [0.15, 0.2) is 6.10 Å². The molecular weight excluding hydrogens is 619 g/mol. The smallest absolute Gasteiger partial charge is 0.462 e. The number of allylic oxidation sites excluding steroid dienone is 1. The third kappa shape index (κ3) is 29.4. The minimum atomic E-state index is -4.75. The van der Waals surface area contributed by atoms with Crippen LogP contribution in [0.2, 0.25) is 0 Å². The van der Waals surface area contributed by atoms with Crippen molar-refractivity contribution in [1.29, 1.82) is 0 Å². The number of carbonyl (C=O) groups excluding carboxylic acids is 2.